The van der Waals surface area contributed by atoms with Crippen LogP contribution in [0.4, 0.5) is 5.69 Å². The SMILES string of the molecule is COc1cc(C(=O)N2CC3CCC2[C@@H]3N)cc2nc(-c3cc4ccc(-c5ccc6c(c5)NC(=O)CC6)nc4n3CC3CC3)n(C)c12. The molecule has 234 valence electrons. The number of rotatable bonds is 6. The van der Waals surface area contributed by atoms with E-state index in [4.69, 9.17) is 20.4 Å². The highest BCUT2D eigenvalue weighted by Gasteiger charge is 2.47. The molecule has 2 aliphatic heterocycles. The number of amides is 2. The Morgan fingerprint density at radius 3 is 2.67 bits per heavy atom. The number of carbonyl (C=O) groups excluding carboxylic acids is 2. The zero-order valence-electron chi connectivity index (χ0n) is 26.1. The Hall–Kier alpha value is -4.70. The van der Waals surface area contributed by atoms with Gasteiger partial charge in [-0.2, -0.15) is 0 Å². The molecular formula is C36H37N7O3. The van der Waals surface area contributed by atoms with Crippen molar-refractivity contribution >= 4 is 39.6 Å². The Bertz CT molecular complexity index is 2090. The number of anilines is 1. The molecule has 9 rings (SSSR count). The molecule has 3 atom stereocenters. The van der Waals surface area contributed by atoms with E-state index < -0.39 is 0 Å². The summed E-state index contributed by atoms with van der Waals surface area (Å²) in [6.45, 7) is 1.58. The Morgan fingerprint density at radius 1 is 1.04 bits per heavy atom. The van der Waals surface area contributed by atoms with Crippen LogP contribution in [0.3, 0.4) is 0 Å². The standard InChI is InChI=1S/C36H37N7O3/c1-41-33-27(14-24(16-30(33)46-2)36(45)43-18-23-8-11-28(43)32(23)37)40-35(41)29-15-22-7-10-25(39-34(22)42(29)17-19-3-4-19)21-6-5-20-9-12-31(44)38-26(20)13-21/h5-7,10,13-16,19,23,28,32H,3-4,8-9,11-12,17-18,37H2,1-2H3,(H,38,44)/t23?,28?,32-/m1/s1. The number of aromatic nitrogens is 4. The second kappa shape index (κ2) is 10.2. The number of likely N-dealkylation sites (tertiary alicyclic amines) is 1. The Labute approximate surface area is 266 Å². The monoisotopic (exact) mass is 615 g/mol. The fourth-order valence-electron chi connectivity index (χ4n) is 8.01. The number of benzene rings is 2. The van der Waals surface area contributed by atoms with E-state index in [1.54, 1.807) is 7.11 Å². The van der Waals surface area contributed by atoms with Gasteiger partial charge in [0.15, 0.2) is 5.82 Å². The molecule has 2 saturated carbocycles. The van der Waals surface area contributed by atoms with Crippen molar-refractivity contribution < 1.29 is 14.3 Å². The highest BCUT2D eigenvalue weighted by molar-refractivity contribution is 6.00. The maximum Gasteiger partial charge on any atom is 0.254 e. The third-order valence-electron chi connectivity index (χ3n) is 10.7. The van der Waals surface area contributed by atoms with Gasteiger partial charge in [0.1, 0.15) is 16.9 Å². The first-order valence-corrected chi connectivity index (χ1v) is 16.4. The molecule has 0 radical (unpaired) electrons. The van der Waals surface area contributed by atoms with Crippen LogP contribution >= 0.6 is 0 Å². The number of methoxy groups -OCH3 is 1. The summed E-state index contributed by atoms with van der Waals surface area (Å²) in [7, 11) is 3.65. The molecule has 2 amide bonds. The van der Waals surface area contributed by atoms with Gasteiger partial charge in [-0.1, -0.05) is 12.1 Å². The van der Waals surface area contributed by atoms with Crippen molar-refractivity contribution in [2.45, 2.75) is 57.2 Å². The van der Waals surface area contributed by atoms with Gasteiger partial charge >= 0.3 is 0 Å². The first kappa shape index (κ1) is 27.6. The summed E-state index contributed by atoms with van der Waals surface area (Å²) in [5.41, 5.74) is 14.3. The molecule has 5 aromatic rings. The summed E-state index contributed by atoms with van der Waals surface area (Å²) in [6.07, 6.45) is 5.74. The van der Waals surface area contributed by atoms with Crippen LogP contribution in [0, 0.1) is 11.8 Å². The van der Waals surface area contributed by atoms with Crippen LogP contribution in [-0.4, -0.2) is 61.6 Å². The van der Waals surface area contributed by atoms with E-state index in [9.17, 15) is 9.59 Å². The number of nitrogens with zero attached hydrogens (tertiary/aromatic N) is 5. The van der Waals surface area contributed by atoms with Crippen molar-refractivity contribution in [2.24, 2.45) is 24.6 Å². The minimum atomic E-state index is -0.00336. The number of carbonyl (C=O) groups is 2. The highest BCUT2D eigenvalue weighted by Crippen LogP contribution is 2.40. The van der Waals surface area contributed by atoms with E-state index in [-0.39, 0.29) is 23.9 Å². The highest BCUT2D eigenvalue weighted by atomic mass is 16.5. The molecule has 10 nitrogen and oxygen atoms in total. The van der Waals surface area contributed by atoms with Crippen LogP contribution < -0.4 is 15.8 Å². The molecule has 3 aromatic heterocycles. The molecular weight excluding hydrogens is 578 g/mol. The van der Waals surface area contributed by atoms with Gasteiger partial charge in [0.05, 0.1) is 24.0 Å². The summed E-state index contributed by atoms with van der Waals surface area (Å²) in [5.74, 6) is 2.47. The van der Waals surface area contributed by atoms with Gasteiger partial charge in [-0.3, -0.25) is 9.59 Å². The van der Waals surface area contributed by atoms with E-state index in [1.165, 1.54) is 12.8 Å². The minimum Gasteiger partial charge on any atom is -0.494 e. The number of imidazole rings is 1. The number of nitrogens with one attached hydrogen (secondary N) is 1. The Kier molecular flexibility index (Phi) is 6.09. The van der Waals surface area contributed by atoms with E-state index in [0.717, 1.165) is 88.4 Å². The van der Waals surface area contributed by atoms with Crippen molar-refractivity contribution in [3.63, 3.8) is 0 Å². The average Bonchev–Trinajstić information content (AvgIpc) is 3.47. The summed E-state index contributed by atoms with van der Waals surface area (Å²) < 4.78 is 10.2. The smallest absolute Gasteiger partial charge is 0.254 e. The number of ether oxygens (including phenoxy) is 1. The summed E-state index contributed by atoms with van der Waals surface area (Å²) in [5, 5.41) is 4.06. The molecule has 2 unspecified atom stereocenters. The number of pyridine rings is 1. The maximum absolute atomic E-state index is 13.7. The van der Waals surface area contributed by atoms with Gasteiger partial charge in [0.25, 0.3) is 5.91 Å². The van der Waals surface area contributed by atoms with Gasteiger partial charge in [0.2, 0.25) is 5.91 Å². The van der Waals surface area contributed by atoms with Crippen LogP contribution in [0.5, 0.6) is 5.75 Å². The molecule has 2 aromatic carbocycles. The molecule has 4 aliphatic rings. The number of piperidine rings is 1. The predicted octanol–water partition coefficient (Wildman–Crippen LogP) is 5.12. The Balaban J connectivity index is 1.14. The number of hydrogen-bond acceptors (Lipinski definition) is 6. The maximum atomic E-state index is 13.7. The lowest BCUT2D eigenvalue weighted by Gasteiger charge is -2.27. The molecule has 5 heterocycles. The van der Waals surface area contributed by atoms with Crippen molar-refractivity contribution in [1.82, 2.24) is 24.0 Å². The fourth-order valence-corrected chi connectivity index (χ4v) is 8.01. The van der Waals surface area contributed by atoms with Crippen molar-refractivity contribution in [1.29, 1.82) is 0 Å². The van der Waals surface area contributed by atoms with Crippen molar-refractivity contribution in [2.75, 3.05) is 19.0 Å². The number of fused-ring (bicyclic) bond motifs is 5. The third-order valence-corrected chi connectivity index (χ3v) is 10.7. The fraction of sp³-hybridized carbons (Fsp3) is 0.389. The lowest BCUT2D eigenvalue weighted by atomic mass is 9.99. The van der Waals surface area contributed by atoms with Gasteiger partial charge in [-0.25, -0.2) is 9.97 Å². The zero-order valence-corrected chi connectivity index (χ0v) is 26.1. The van der Waals surface area contributed by atoms with Crippen LogP contribution in [0.2, 0.25) is 0 Å². The summed E-state index contributed by atoms with van der Waals surface area (Å²) in [6, 6.07) is 16.5. The van der Waals surface area contributed by atoms with Crippen LogP contribution in [0.25, 0.3) is 44.8 Å². The molecule has 3 fully saturated rings. The molecule has 0 spiro atoms. The van der Waals surface area contributed by atoms with E-state index in [0.29, 0.717) is 29.6 Å². The second-order valence-electron chi connectivity index (χ2n) is 13.6. The largest absolute Gasteiger partial charge is 0.494 e. The predicted molar refractivity (Wildman–Crippen MR) is 177 cm³/mol. The molecule has 46 heavy (non-hydrogen) atoms. The van der Waals surface area contributed by atoms with Gasteiger partial charge in [0, 0.05) is 60.8 Å². The van der Waals surface area contributed by atoms with E-state index in [1.807, 2.05) is 36.2 Å². The molecule has 2 aliphatic carbocycles. The normalized spacial score (nSPS) is 22.1. The zero-order chi connectivity index (χ0) is 31.3. The van der Waals surface area contributed by atoms with E-state index >= 15 is 0 Å². The first-order chi connectivity index (χ1) is 22.4. The molecule has 10 heteroatoms. The van der Waals surface area contributed by atoms with Gasteiger partial charge < -0.3 is 29.8 Å². The van der Waals surface area contributed by atoms with E-state index in [2.05, 4.69) is 38.7 Å². The van der Waals surface area contributed by atoms with Crippen LogP contribution in [-0.2, 0) is 24.8 Å². The summed E-state index contributed by atoms with van der Waals surface area (Å²) in [4.78, 5) is 38.1. The number of aryl methyl sites for hydroxylation is 2. The van der Waals surface area contributed by atoms with Crippen LogP contribution in [0.15, 0.2) is 48.5 Å². The lowest BCUT2D eigenvalue weighted by Crippen LogP contribution is -2.41. The van der Waals surface area contributed by atoms with Crippen molar-refractivity contribution in [3.8, 4) is 28.5 Å². The topological polar surface area (TPSA) is 120 Å². The molecule has 2 bridgehead atoms. The molecule has 3 N–H and O–H groups in total. The average molecular weight is 616 g/mol. The first-order valence-electron chi connectivity index (χ1n) is 16.4. The third kappa shape index (κ3) is 4.26. The van der Waals surface area contributed by atoms with Gasteiger partial charge in [-0.15, -0.1) is 0 Å². The summed E-state index contributed by atoms with van der Waals surface area (Å²) >= 11 is 0. The van der Waals surface area contributed by atoms with Crippen LogP contribution in [0.1, 0.15) is 48.0 Å². The molecule has 1 saturated heterocycles. The minimum absolute atomic E-state index is 0.00336. The van der Waals surface area contributed by atoms with Crippen molar-refractivity contribution in [3.05, 3.63) is 59.7 Å². The van der Waals surface area contributed by atoms with Gasteiger partial charge in [-0.05, 0) is 85.9 Å². The second-order valence-corrected chi connectivity index (χ2v) is 13.6. The quantitative estimate of drug-likeness (QED) is 0.274. The number of hydrogen-bond donors (Lipinski definition) is 2. The Morgan fingerprint density at radius 2 is 1.91 bits per heavy atom. The number of nitrogens with two attached hydrogens (primary N) is 1. The lowest BCUT2D eigenvalue weighted by molar-refractivity contribution is -0.116.